The molecule has 0 radical (unpaired) electrons. The van der Waals surface area contributed by atoms with E-state index in [2.05, 4.69) is 15.1 Å². The number of Topliss-reactive ketones (excluding diaryl/α,β-unsaturated/α-hetero) is 1. The number of hydrogen-bond donors (Lipinski definition) is 0. The van der Waals surface area contributed by atoms with Crippen LogP contribution >= 0.6 is 23.4 Å². The van der Waals surface area contributed by atoms with Crippen molar-refractivity contribution < 1.29 is 9.21 Å². The zero-order valence-corrected chi connectivity index (χ0v) is 17.1. The summed E-state index contributed by atoms with van der Waals surface area (Å²) in [6, 6.07) is 11.1. The molecule has 1 saturated heterocycles. The van der Waals surface area contributed by atoms with Gasteiger partial charge in [-0.25, -0.2) is 0 Å². The molecule has 1 atom stereocenters. The van der Waals surface area contributed by atoms with Crippen LogP contribution in [0.5, 0.6) is 0 Å². The van der Waals surface area contributed by atoms with Crippen LogP contribution in [0, 0.1) is 5.92 Å². The second-order valence-corrected chi connectivity index (χ2v) is 8.40. The summed E-state index contributed by atoms with van der Waals surface area (Å²) in [5, 5.41) is 10.2. The first-order valence-corrected chi connectivity index (χ1v) is 10.4. The molecule has 0 amide bonds. The van der Waals surface area contributed by atoms with Gasteiger partial charge in [0.05, 0.1) is 6.54 Å². The molecule has 3 aromatic rings. The number of piperidine rings is 1. The van der Waals surface area contributed by atoms with E-state index in [1.165, 1.54) is 11.8 Å². The van der Waals surface area contributed by atoms with Gasteiger partial charge < -0.3 is 8.98 Å². The molecule has 1 unspecified atom stereocenters. The van der Waals surface area contributed by atoms with E-state index in [4.69, 9.17) is 16.0 Å². The van der Waals surface area contributed by atoms with Gasteiger partial charge in [0, 0.05) is 30.1 Å². The maximum absolute atomic E-state index is 12.8. The molecule has 1 fully saturated rings. The largest absolute Gasteiger partial charge is 0.453 e. The molecular weight excluding hydrogens is 396 g/mol. The van der Waals surface area contributed by atoms with Crippen molar-refractivity contribution in [2.75, 3.05) is 13.1 Å². The molecule has 0 spiro atoms. The average molecular weight is 417 g/mol. The molecule has 1 aliphatic heterocycles. The summed E-state index contributed by atoms with van der Waals surface area (Å²) in [6.45, 7) is 2.41. The molecule has 28 heavy (non-hydrogen) atoms. The standard InChI is InChI=1S/C20H21ClN4O2S/c1-24-13-22-23-20(24)28-18-9-8-17(27-18)12-25-10-2-3-15(11-25)19(26)14-4-6-16(21)7-5-14/h4-9,13,15H,2-3,10-12H2,1H3. The summed E-state index contributed by atoms with van der Waals surface area (Å²) in [5.74, 6) is 1.10. The quantitative estimate of drug-likeness (QED) is 0.558. The summed E-state index contributed by atoms with van der Waals surface area (Å²) >= 11 is 7.38. The first-order chi connectivity index (χ1) is 13.6. The van der Waals surface area contributed by atoms with Crippen LogP contribution in [0.25, 0.3) is 0 Å². The third kappa shape index (κ3) is 4.48. The van der Waals surface area contributed by atoms with E-state index in [1.807, 2.05) is 35.9 Å². The zero-order valence-electron chi connectivity index (χ0n) is 15.5. The third-order valence-electron chi connectivity index (χ3n) is 4.88. The molecule has 146 valence electrons. The second kappa shape index (κ2) is 8.51. The minimum Gasteiger partial charge on any atom is -0.453 e. The van der Waals surface area contributed by atoms with Crippen molar-refractivity contribution in [3.8, 4) is 0 Å². The van der Waals surface area contributed by atoms with E-state index in [1.54, 1.807) is 18.5 Å². The van der Waals surface area contributed by atoms with Crippen LogP contribution in [0.15, 0.2) is 57.4 Å². The smallest absolute Gasteiger partial charge is 0.198 e. The van der Waals surface area contributed by atoms with Gasteiger partial charge in [0.25, 0.3) is 0 Å². The molecule has 0 bridgehead atoms. The van der Waals surface area contributed by atoms with Gasteiger partial charge in [0.1, 0.15) is 12.1 Å². The summed E-state index contributed by atoms with van der Waals surface area (Å²) < 4.78 is 7.80. The van der Waals surface area contributed by atoms with Gasteiger partial charge in [-0.05, 0) is 67.5 Å². The summed E-state index contributed by atoms with van der Waals surface area (Å²) in [5.41, 5.74) is 0.733. The number of likely N-dealkylation sites (tertiary alicyclic amines) is 1. The molecule has 0 N–H and O–H groups in total. The minimum absolute atomic E-state index is 0.0115. The van der Waals surface area contributed by atoms with Crippen LogP contribution in [0.3, 0.4) is 0 Å². The molecular formula is C20H21ClN4O2S. The van der Waals surface area contributed by atoms with Crippen molar-refractivity contribution in [1.29, 1.82) is 0 Å². The summed E-state index contributed by atoms with van der Waals surface area (Å²) in [7, 11) is 1.90. The summed E-state index contributed by atoms with van der Waals surface area (Å²) in [4.78, 5) is 15.1. The van der Waals surface area contributed by atoms with E-state index in [-0.39, 0.29) is 11.7 Å². The third-order valence-corrected chi connectivity index (χ3v) is 6.11. The van der Waals surface area contributed by atoms with Crippen LogP contribution in [-0.4, -0.2) is 38.5 Å². The highest BCUT2D eigenvalue weighted by atomic mass is 35.5. The molecule has 0 saturated carbocycles. The van der Waals surface area contributed by atoms with Crippen molar-refractivity contribution in [1.82, 2.24) is 19.7 Å². The fraction of sp³-hybridized carbons (Fsp3) is 0.350. The monoisotopic (exact) mass is 416 g/mol. The van der Waals surface area contributed by atoms with Gasteiger partial charge in [0.15, 0.2) is 16.0 Å². The van der Waals surface area contributed by atoms with Crippen molar-refractivity contribution in [3.05, 3.63) is 59.1 Å². The number of rotatable bonds is 6. The van der Waals surface area contributed by atoms with Crippen LogP contribution < -0.4 is 0 Å². The molecule has 3 heterocycles. The lowest BCUT2D eigenvalue weighted by atomic mass is 9.90. The Labute approximate surface area is 172 Å². The van der Waals surface area contributed by atoms with Crippen molar-refractivity contribution >= 4 is 29.1 Å². The Morgan fingerprint density at radius 1 is 1.29 bits per heavy atom. The number of aromatic nitrogens is 3. The molecule has 2 aromatic heterocycles. The fourth-order valence-corrected chi connectivity index (χ4v) is 4.31. The first kappa shape index (κ1) is 19.2. The Bertz CT molecular complexity index is 953. The van der Waals surface area contributed by atoms with E-state index in [9.17, 15) is 4.79 Å². The van der Waals surface area contributed by atoms with Crippen LogP contribution in [0.1, 0.15) is 29.0 Å². The van der Waals surface area contributed by atoms with E-state index in [0.29, 0.717) is 11.6 Å². The number of carbonyl (C=O) groups excluding carboxylic acids is 1. The molecule has 0 aliphatic carbocycles. The Hall–Kier alpha value is -2.09. The zero-order chi connectivity index (χ0) is 19.5. The van der Waals surface area contributed by atoms with Gasteiger partial charge in [0.2, 0.25) is 0 Å². The molecule has 1 aliphatic rings. The van der Waals surface area contributed by atoms with Gasteiger partial charge >= 0.3 is 0 Å². The number of nitrogens with zero attached hydrogens (tertiary/aromatic N) is 4. The lowest BCUT2D eigenvalue weighted by Gasteiger charge is -2.31. The fourth-order valence-electron chi connectivity index (χ4n) is 3.44. The predicted octanol–water partition coefficient (Wildman–Crippen LogP) is 4.31. The van der Waals surface area contributed by atoms with Crippen LogP contribution in [0.2, 0.25) is 5.02 Å². The molecule has 1 aromatic carbocycles. The Morgan fingerprint density at radius 3 is 2.86 bits per heavy atom. The number of hydrogen-bond acceptors (Lipinski definition) is 6. The predicted molar refractivity (Wildman–Crippen MR) is 108 cm³/mol. The topological polar surface area (TPSA) is 64.2 Å². The average Bonchev–Trinajstić information content (AvgIpc) is 3.31. The number of aryl methyl sites for hydroxylation is 1. The number of ketones is 1. The lowest BCUT2D eigenvalue weighted by molar-refractivity contribution is 0.0801. The van der Waals surface area contributed by atoms with Gasteiger partial charge in [-0.15, -0.1) is 10.2 Å². The van der Waals surface area contributed by atoms with Crippen molar-refractivity contribution in [2.45, 2.75) is 29.6 Å². The van der Waals surface area contributed by atoms with E-state index < -0.39 is 0 Å². The highest BCUT2D eigenvalue weighted by molar-refractivity contribution is 7.99. The van der Waals surface area contributed by atoms with Gasteiger partial charge in [-0.3, -0.25) is 9.69 Å². The maximum Gasteiger partial charge on any atom is 0.198 e. The highest BCUT2D eigenvalue weighted by Gasteiger charge is 2.27. The van der Waals surface area contributed by atoms with Crippen molar-refractivity contribution in [2.24, 2.45) is 13.0 Å². The number of furan rings is 1. The normalized spacial score (nSPS) is 17.7. The van der Waals surface area contributed by atoms with Gasteiger partial charge in [-0.1, -0.05) is 11.6 Å². The second-order valence-electron chi connectivity index (χ2n) is 6.99. The molecule has 6 nitrogen and oxygen atoms in total. The number of carbonyl (C=O) groups is 1. The number of halogens is 1. The van der Waals surface area contributed by atoms with Crippen LogP contribution in [-0.2, 0) is 13.6 Å². The highest BCUT2D eigenvalue weighted by Crippen LogP contribution is 2.29. The van der Waals surface area contributed by atoms with E-state index in [0.717, 1.165) is 47.5 Å². The van der Waals surface area contributed by atoms with Crippen molar-refractivity contribution in [3.63, 3.8) is 0 Å². The Kier molecular flexibility index (Phi) is 5.85. The Morgan fingerprint density at radius 2 is 2.11 bits per heavy atom. The molecule has 8 heteroatoms. The van der Waals surface area contributed by atoms with Crippen LogP contribution in [0.4, 0.5) is 0 Å². The SMILES string of the molecule is Cn1cnnc1Sc1ccc(CN2CCCC(C(=O)c3ccc(Cl)cc3)C2)o1. The summed E-state index contributed by atoms with van der Waals surface area (Å²) in [6.07, 6.45) is 3.59. The first-order valence-electron chi connectivity index (χ1n) is 9.21. The van der Waals surface area contributed by atoms with Gasteiger partial charge in [-0.2, -0.15) is 0 Å². The lowest BCUT2D eigenvalue weighted by Crippen LogP contribution is -2.38. The Balaban J connectivity index is 1.37. The molecule has 4 rings (SSSR count). The number of benzene rings is 1. The van der Waals surface area contributed by atoms with E-state index >= 15 is 0 Å². The minimum atomic E-state index is 0.0115. The maximum atomic E-state index is 12.8.